The molecule has 0 aliphatic carbocycles. The molecular weight excluding hydrogens is 338 g/mol. The summed E-state index contributed by atoms with van der Waals surface area (Å²) in [6.45, 7) is 11.5. The van der Waals surface area contributed by atoms with Gasteiger partial charge in [-0.15, -0.1) is 0 Å². The summed E-state index contributed by atoms with van der Waals surface area (Å²) in [7, 11) is 1.82. The predicted molar refractivity (Wildman–Crippen MR) is 111 cm³/mol. The molecule has 27 heavy (non-hydrogen) atoms. The number of nitrogens with one attached hydrogen (secondary N) is 1. The number of aliphatic imine (C=N–C) groups is 1. The van der Waals surface area contributed by atoms with Gasteiger partial charge in [0.2, 0.25) is 0 Å². The minimum atomic E-state index is -0.0567. The molecule has 0 saturated carbocycles. The molecule has 0 atom stereocenters. The zero-order valence-electron chi connectivity index (χ0n) is 17.5. The van der Waals surface area contributed by atoms with Gasteiger partial charge in [0.05, 0.1) is 12.5 Å². The fourth-order valence-electron chi connectivity index (χ4n) is 3.41. The van der Waals surface area contributed by atoms with E-state index in [4.69, 9.17) is 4.74 Å². The van der Waals surface area contributed by atoms with Gasteiger partial charge in [-0.25, -0.2) is 0 Å². The summed E-state index contributed by atoms with van der Waals surface area (Å²) < 4.78 is 5.14. The molecule has 0 amide bonds. The number of nitrogens with zero attached hydrogens (tertiary/aromatic N) is 2. The van der Waals surface area contributed by atoms with Crippen LogP contribution in [0.3, 0.4) is 0 Å². The van der Waals surface area contributed by atoms with Gasteiger partial charge in [-0.3, -0.25) is 9.79 Å². The van der Waals surface area contributed by atoms with Crippen LogP contribution in [0.15, 0.2) is 29.3 Å². The number of benzene rings is 1. The number of rotatable bonds is 5. The average molecular weight is 374 g/mol. The number of ether oxygens (including phenoxy) is 1. The molecule has 0 aromatic heterocycles. The normalized spacial score (nSPS) is 16.3. The topological polar surface area (TPSA) is 53.9 Å². The molecule has 0 bridgehead atoms. The van der Waals surface area contributed by atoms with Crippen molar-refractivity contribution in [1.82, 2.24) is 10.2 Å². The van der Waals surface area contributed by atoms with E-state index >= 15 is 0 Å². The Morgan fingerprint density at radius 2 is 1.85 bits per heavy atom. The number of esters is 1. The minimum Gasteiger partial charge on any atom is -0.466 e. The molecule has 1 aliphatic rings. The molecule has 0 radical (unpaired) electrons. The Morgan fingerprint density at radius 3 is 2.37 bits per heavy atom. The van der Waals surface area contributed by atoms with Crippen LogP contribution in [0.4, 0.5) is 0 Å². The van der Waals surface area contributed by atoms with Crippen LogP contribution in [0.5, 0.6) is 0 Å². The lowest BCUT2D eigenvalue weighted by atomic mass is 9.86. The maximum atomic E-state index is 11.9. The maximum Gasteiger partial charge on any atom is 0.309 e. The molecule has 1 saturated heterocycles. The Kier molecular flexibility index (Phi) is 7.69. The summed E-state index contributed by atoms with van der Waals surface area (Å²) in [4.78, 5) is 18.5. The standard InChI is InChI=1S/C22H35N3O2/c1-6-27-20(26)18-12-15-25(16-13-18)21(23-5)24-14-11-17-7-9-19(10-8-17)22(2,3)4/h7-10,18H,6,11-16H2,1-5H3,(H,23,24). The molecule has 2 rings (SSSR count). The third-order valence-corrected chi connectivity index (χ3v) is 5.14. The second-order valence-electron chi connectivity index (χ2n) is 8.18. The van der Waals surface area contributed by atoms with E-state index in [1.54, 1.807) is 0 Å². The van der Waals surface area contributed by atoms with Crippen LogP contribution in [0.25, 0.3) is 0 Å². The first-order valence-electron chi connectivity index (χ1n) is 10.1. The van der Waals surface area contributed by atoms with Crippen molar-refractivity contribution < 1.29 is 9.53 Å². The van der Waals surface area contributed by atoms with Crippen molar-refractivity contribution in [2.45, 2.75) is 52.4 Å². The number of carbonyl (C=O) groups excluding carboxylic acids is 1. The van der Waals surface area contributed by atoms with Crippen molar-refractivity contribution in [3.63, 3.8) is 0 Å². The summed E-state index contributed by atoms with van der Waals surface area (Å²) in [5.74, 6) is 0.892. The maximum absolute atomic E-state index is 11.9. The molecule has 1 heterocycles. The fraction of sp³-hybridized carbons (Fsp3) is 0.636. The minimum absolute atomic E-state index is 0.0284. The van der Waals surface area contributed by atoms with E-state index in [2.05, 4.69) is 60.2 Å². The highest BCUT2D eigenvalue weighted by Crippen LogP contribution is 2.22. The Morgan fingerprint density at radius 1 is 1.22 bits per heavy atom. The van der Waals surface area contributed by atoms with Crippen molar-refractivity contribution in [3.8, 4) is 0 Å². The highest BCUT2D eigenvalue weighted by molar-refractivity contribution is 5.80. The van der Waals surface area contributed by atoms with E-state index in [9.17, 15) is 4.79 Å². The monoisotopic (exact) mass is 373 g/mol. The van der Waals surface area contributed by atoms with Crippen LogP contribution in [-0.2, 0) is 21.4 Å². The van der Waals surface area contributed by atoms with E-state index < -0.39 is 0 Å². The number of likely N-dealkylation sites (tertiary alicyclic amines) is 1. The van der Waals surface area contributed by atoms with E-state index in [-0.39, 0.29) is 17.3 Å². The van der Waals surface area contributed by atoms with E-state index in [1.165, 1.54) is 11.1 Å². The highest BCUT2D eigenvalue weighted by atomic mass is 16.5. The number of hydrogen-bond donors (Lipinski definition) is 1. The van der Waals surface area contributed by atoms with E-state index in [0.717, 1.165) is 44.9 Å². The lowest BCUT2D eigenvalue weighted by molar-refractivity contribution is -0.149. The molecule has 150 valence electrons. The Hall–Kier alpha value is -2.04. The van der Waals surface area contributed by atoms with Gasteiger partial charge in [0.15, 0.2) is 5.96 Å². The fourth-order valence-corrected chi connectivity index (χ4v) is 3.41. The molecule has 5 heteroatoms. The average Bonchev–Trinajstić information content (AvgIpc) is 2.65. The summed E-state index contributed by atoms with van der Waals surface area (Å²) in [5, 5.41) is 3.46. The zero-order chi connectivity index (χ0) is 19.9. The van der Waals surface area contributed by atoms with Gasteiger partial charge in [0, 0.05) is 26.7 Å². The van der Waals surface area contributed by atoms with Crippen molar-refractivity contribution in [2.24, 2.45) is 10.9 Å². The van der Waals surface area contributed by atoms with Gasteiger partial charge in [-0.1, -0.05) is 45.0 Å². The molecule has 0 spiro atoms. The Labute approximate surface area is 164 Å². The van der Waals surface area contributed by atoms with Crippen LogP contribution in [0.1, 0.15) is 51.7 Å². The third-order valence-electron chi connectivity index (χ3n) is 5.14. The van der Waals surface area contributed by atoms with Crippen LogP contribution in [0, 0.1) is 5.92 Å². The third kappa shape index (κ3) is 6.26. The number of guanidine groups is 1. The van der Waals surface area contributed by atoms with Crippen molar-refractivity contribution in [2.75, 3.05) is 33.3 Å². The van der Waals surface area contributed by atoms with Crippen LogP contribution in [0.2, 0.25) is 0 Å². The summed E-state index contributed by atoms with van der Waals surface area (Å²) in [6.07, 6.45) is 2.62. The number of piperidine rings is 1. The van der Waals surface area contributed by atoms with Crippen LogP contribution in [-0.4, -0.2) is 50.1 Å². The van der Waals surface area contributed by atoms with Crippen molar-refractivity contribution >= 4 is 11.9 Å². The molecular formula is C22H35N3O2. The van der Waals surface area contributed by atoms with Gasteiger partial charge in [-0.05, 0) is 42.7 Å². The zero-order valence-corrected chi connectivity index (χ0v) is 17.5. The quantitative estimate of drug-likeness (QED) is 0.488. The molecule has 0 unspecified atom stereocenters. The lowest BCUT2D eigenvalue weighted by Crippen LogP contribution is -2.47. The lowest BCUT2D eigenvalue weighted by Gasteiger charge is -2.33. The van der Waals surface area contributed by atoms with E-state index in [1.807, 2.05) is 14.0 Å². The smallest absolute Gasteiger partial charge is 0.309 e. The van der Waals surface area contributed by atoms with Crippen molar-refractivity contribution in [3.05, 3.63) is 35.4 Å². The second-order valence-corrected chi connectivity index (χ2v) is 8.18. The van der Waals surface area contributed by atoms with E-state index in [0.29, 0.717) is 6.61 Å². The van der Waals surface area contributed by atoms with Crippen LogP contribution >= 0.6 is 0 Å². The van der Waals surface area contributed by atoms with Crippen molar-refractivity contribution in [1.29, 1.82) is 0 Å². The highest BCUT2D eigenvalue weighted by Gasteiger charge is 2.27. The van der Waals surface area contributed by atoms with Gasteiger partial charge in [0.25, 0.3) is 0 Å². The largest absolute Gasteiger partial charge is 0.466 e. The first kappa shape index (κ1) is 21.3. The molecule has 1 fully saturated rings. The summed E-state index contributed by atoms with van der Waals surface area (Å²) in [6, 6.07) is 8.89. The molecule has 1 aliphatic heterocycles. The SMILES string of the molecule is CCOC(=O)C1CCN(C(=NC)NCCc2ccc(C(C)(C)C)cc2)CC1. The molecule has 1 aromatic carbocycles. The van der Waals surface area contributed by atoms with Gasteiger partial charge in [0.1, 0.15) is 0 Å². The molecule has 1 N–H and O–H groups in total. The number of hydrogen-bond acceptors (Lipinski definition) is 3. The first-order chi connectivity index (χ1) is 12.8. The molecule has 1 aromatic rings. The van der Waals surface area contributed by atoms with Gasteiger partial charge in [-0.2, -0.15) is 0 Å². The Bertz CT molecular complexity index is 624. The van der Waals surface area contributed by atoms with Crippen LogP contribution < -0.4 is 5.32 Å². The second kappa shape index (κ2) is 9.77. The van der Waals surface area contributed by atoms with Gasteiger partial charge < -0.3 is 15.0 Å². The number of carbonyl (C=O) groups is 1. The van der Waals surface area contributed by atoms with Gasteiger partial charge >= 0.3 is 5.97 Å². The summed E-state index contributed by atoms with van der Waals surface area (Å²) in [5.41, 5.74) is 2.88. The first-order valence-corrected chi connectivity index (χ1v) is 10.1. The summed E-state index contributed by atoms with van der Waals surface area (Å²) >= 11 is 0. The Balaban J connectivity index is 1.79. The molecule has 5 nitrogen and oxygen atoms in total. The predicted octanol–water partition coefficient (Wildman–Crippen LogP) is 3.38.